The Morgan fingerprint density at radius 1 is 0.968 bits per heavy atom. The van der Waals surface area contributed by atoms with Crippen LogP contribution in [0.2, 0.25) is 5.02 Å². The van der Waals surface area contributed by atoms with Crippen LogP contribution in [-0.2, 0) is 11.3 Å². The first-order valence-corrected chi connectivity index (χ1v) is 11.2. The molecule has 164 valence electrons. The number of anilines is 1. The van der Waals surface area contributed by atoms with Crippen molar-refractivity contribution in [2.24, 2.45) is 0 Å². The number of amides is 3. The molecule has 2 aliphatic heterocycles. The number of rotatable bonds is 5. The summed E-state index contributed by atoms with van der Waals surface area (Å²) >= 11 is 5.94. The Hall–Kier alpha value is -2.73. The Morgan fingerprint density at radius 3 is 2.32 bits per heavy atom. The number of aryl methyl sites for hydroxylation is 1. The van der Waals surface area contributed by atoms with E-state index in [1.807, 2.05) is 29.2 Å². The van der Waals surface area contributed by atoms with Crippen LogP contribution >= 0.6 is 11.6 Å². The number of urea groups is 1. The van der Waals surface area contributed by atoms with Crippen molar-refractivity contribution < 1.29 is 9.59 Å². The molecule has 2 aliphatic rings. The van der Waals surface area contributed by atoms with Gasteiger partial charge in [0.25, 0.3) is 0 Å². The zero-order valence-corrected chi connectivity index (χ0v) is 18.9. The molecule has 0 saturated carbocycles. The molecule has 0 bridgehead atoms. The van der Waals surface area contributed by atoms with Gasteiger partial charge in [0.05, 0.1) is 0 Å². The van der Waals surface area contributed by atoms with Crippen molar-refractivity contribution in [3.05, 3.63) is 64.7 Å². The van der Waals surface area contributed by atoms with Gasteiger partial charge in [0.15, 0.2) is 0 Å². The minimum absolute atomic E-state index is 0.0251. The van der Waals surface area contributed by atoms with Gasteiger partial charge in [-0.25, -0.2) is 4.79 Å². The van der Waals surface area contributed by atoms with E-state index in [-0.39, 0.29) is 24.5 Å². The predicted molar refractivity (Wildman–Crippen MR) is 123 cm³/mol. The van der Waals surface area contributed by atoms with Gasteiger partial charge in [-0.1, -0.05) is 41.4 Å². The Balaban J connectivity index is 1.30. The van der Waals surface area contributed by atoms with Crippen molar-refractivity contribution in [2.45, 2.75) is 26.4 Å². The van der Waals surface area contributed by atoms with Crippen LogP contribution in [0.15, 0.2) is 48.5 Å². The second-order valence-electron chi connectivity index (χ2n) is 8.47. The van der Waals surface area contributed by atoms with Gasteiger partial charge < -0.3 is 19.6 Å². The van der Waals surface area contributed by atoms with E-state index in [1.165, 1.54) is 11.3 Å². The molecule has 0 radical (unpaired) electrons. The highest BCUT2D eigenvalue weighted by molar-refractivity contribution is 6.30. The van der Waals surface area contributed by atoms with E-state index in [0.717, 1.165) is 12.1 Å². The standard InChI is InChI=1S/C24H29ClN4O2/c1-18-3-9-22(10-4-18)29-14-13-26(15-19(29)2)23(30)17-28-12-11-27(24(28)31)16-20-5-7-21(25)8-6-20/h3-10,19H,11-17H2,1-2H3. The van der Waals surface area contributed by atoms with Crippen molar-refractivity contribution in [3.63, 3.8) is 0 Å². The van der Waals surface area contributed by atoms with Crippen LogP contribution in [0.4, 0.5) is 10.5 Å². The maximum absolute atomic E-state index is 12.9. The predicted octanol–water partition coefficient (Wildman–Crippen LogP) is 3.62. The van der Waals surface area contributed by atoms with Crippen molar-refractivity contribution in [1.29, 1.82) is 0 Å². The fourth-order valence-electron chi connectivity index (χ4n) is 4.30. The lowest BCUT2D eigenvalue weighted by Gasteiger charge is -2.41. The van der Waals surface area contributed by atoms with Crippen LogP contribution in [0, 0.1) is 6.92 Å². The quantitative estimate of drug-likeness (QED) is 0.713. The highest BCUT2D eigenvalue weighted by Crippen LogP contribution is 2.22. The second kappa shape index (κ2) is 9.18. The number of benzene rings is 2. The zero-order valence-electron chi connectivity index (χ0n) is 18.1. The number of piperazine rings is 1. The summed E-state index contributed by atoms with van der Waals surface area (Å²) in [4.78, 5) is 33.4. The third-order valence-corrected chi connectivity index (χ3v) is 6.39. The van der Waals surface area contributed by atoms with E-state index < -0.39 is 0 Å². The largest absolute Gasteiger partial charge is 0.365 e. The highest BCUT2D eigenvalue weighted by Gasteiger charge is 2.33. The number of hydrogen-bond donors (Lipinski definition) is 0. The molecule has 0 aliphatic carbocycles. The molecule has 1 atom stereocenters. The lowest BCUT2D eigenvalue weighted by Crippen LogP contribution is -2.55. The average molecular weight is 441 g/mol. The van der Waals surface area contributed by atoms with E-state index in [2.05, 4.69) is 43.0 Å². The molecule has 6 nitrogen and oxygen atoms in total. The summed E-state index contributed by atoms with van der Waals surface area (Å²) in [7, 11) is 0. The fourth-order valence-corrected chi connectivity index (χ4v) is 4.43. The summed E-state index contributed by atoms with van der Waals surface area (Å²) in [5, 5.41) is 0.681. The molecular formula is C24H29ClN4O2. The molecule has 7 heteroatoms. The number of carbonyl (C=O) groups excluding carboxylic acids is 2. The third kappa shape index (κ3) is 4.96. The molecule has 2 aromatic carbocycles. The number of halogens is 1. The Kier molecular flexibility index (Phi) is 6.37. The molecule has 2 heterocycles. The van der Waals surface area contributed by atoms with Crippen LogP contribution in [0.25, 0.3) is 0 Å². The molecular weight excluding hydrogens is 412 g/mol. The fraction of sp³-hybridized carbons (Fsp3) is 0.417. The van der Waals surface area contributed by atoms with E-state index in [9.17, 15) is 9.59 Å². The Morgan fingerprint density at radius 2 is 1.65 bits per heavy atom. The lowest BCUT2D eigenvalue weighted by atomic mass is 10.1. The normalized spacial score (nSPS) is 19.3. The van der Waals surface area contributed by atoms with Gasteiger partial charge in [-0.15, -0.1) is 0 Å². The number of carbonyl (C=O) groups is 2. The van der Waals surface area contributed by atoms with E-state index in [1.54, 1.807) is 9.80 Å². The van der Waals surface area contributed by atoms with Crippen molar-refractivity contribution >= 4 is 29.2 Å². The highest BCUT2D eigenvalue weighted by atomic mass is 35.5. The maximum Gasteiger partial charge on any atom is 0.320 e. The monoisotopic (exact) mass is 440 g/mol. The Bertz CT molecular complexity index is 932. The molecule has 31 heavy (non-hydrogen) atoms. The number of nitrogens with zero attached hydrogens (tertiary/aromatic N) is 4. The molecule has 1 unspecified atom stereocenters. The van der Waals surface area contributed by atoms with Crippen molar-refractivity contribution in [2.75, 3.05) is 44.2 Å². The van der Waals surface area contributed by atoms with E-state index in [4.69, 9.17) is 11.6 Å². The van der Waals surface area contributed by atoms with E-state index in [0.29, 0.717) is 37.7 Å². The van der Waals surface area contributed by atoms with Crippen LogP contribution in [0.5, 0.6) is 0 Å². The zero-order chi connectivity index (χ0) is 22.0. The van der Waals surface area contributed by atoms with Gasteiger partial charge in [0.1, 0.15) is 6.54 Å². The molecule has 2 saturated heterocycles. The van der Waals surface area contributed by atoms with Crippen LogP contribution in [0.3, 0.4) is 0 Å². The summed E-state index contributed by atoms with van der Waals surface area (Å²) < 4.78 is 0. The van der Waals surface area contributed by atoms with Gasteiger partial charge >= 0.3 is 6.03 Å². The summed E-state index contributed by atoms with van der Waals surface area (Å²) in [5.74, 6) is 0.0251. The molecule has 0 aromatic heterocycles. The first-order chi connectivity index (χ1) is 14.9. The molecule has 2 aromatic rings. The minimum Gasteiger partial charge on any atom is -0.365 e. The van der Waals surface area contributed by atoms with Crippen molar-refractivity contribution in [3.8, 4) is 0 Å². The summed E-state index contributed by atoms with van der Waals surface area (Å²) in [6.45, 7) is 8.27. The van der Waals surface area contributed by atoms with Gasteiger partial charge in [0, 0.05) is 56.0 Å². The molecule has 0 spiro atoms. The first-order valence-electron chi connectivity index (χ1n) is 10.8. The molecule has 0 N–H and O–H groups in total. The SMILES string of the molecule is Cc1ccc(N2CCN(C(=O)CN3CCN(Cc4ccc(Cl)cc4)C3=O)CC2C)cc1. The van der Waals surface area contributed by atoms with E-state index >= 15 is 0 Å². The topological polar surface area (TPSA) is 47.1 Å². The van der Waals surface area contributed by atoms with Crippen LogP contribution in [0.1, 0.15) is 18.1 Å². The lowest BCUT2D eigenvalue weighted by molar-refractivity contribution is -0.132. The molecule has 3 amide bonds. The van der Waals surface area contributed by atoms with Gasteiger partial charge in [-0.2, -0.15) is 0 Å². The molecule has 2 fully saturated rings. The van der Waals surface area contributed by atoms with Crippen molar-refractivity contribution in [1.82, 2.24) is 14.7 Å². The first kappa shape index (κ1) is 21.5. The number of hydrogen-bond acceptors (Lipinski definition) is 3. The maximum atomic E-state index is 12.9. The summed E-state index contributed by atoms with van der Waals surface area (Å²) in [5.41, 5.74) is 3.47. The third-order valence-electron chi connectivity index (χ3n) is 6.14. The van der Waals surface area contributed by atoms with Crippen LogP contribution in [-0.4, -0.2) is 71.9 Å². The smallest absolute Gasteiger partial charge is 0.320 e. The Labute approximate surface area is 189 Å². The molecule has 4 rings (SSSR count). The minimum atomic E-state index is -0.0744. The van der Waals surface area contributed by atoms with Gasteiger partial charge in [-0.05, 0) is 43.7 Å². The average Bonchev–Trinajstić information content (AvgIpc) is 3.09. The van der Waals surface area contributed by atoms with Crippen LogP contribution < -0.4 is 4.90 Å². The summed E-state index contributed by atoms with van der Waals surface area (Å²) in [6, 6.07) is 16.2. The van der Waals surface area contributed by atoms with Gasteiger partial charge in [-0.3, -0.25) is 4.79 Å². The second-order valence-corrected chi connectivity index (χ2v) is 8.91. The van der Waals surface area contributed by atoms with Gasteiger partial charge in [0.2, 0.25) is 5.91 Å². The summed E-state index contributed by atoms with van der Waals surface area (Å²) in [6.07, 6.45) is 0.